The molecule has 0 aromatic carbocycles. The van der Waals surface area contributed by atoms with Gasteiger partial charge in [0.15, 0.2) is 0 Å². The van der Waals surface area contributed by atoms with Gasteiger partial charge in [0, 0.05) is 33.2 Å². The van der Waals surface area contributed by atoms with Gasteiger partial charge in [-0.3, -0.25) is 4.58 Å². The van der Waals surface area contributed by atoms with E-state index in [1.165, 1.54) is 0 Å². The normalized spacial score (nSPS) is 10.1. The summed E-state index contributed by atoms with van der Waals surface area (Å²) in [6.07, 6.45) is 2.03. The maximum atomic E-state index is 8.49. The summed E-state index contributed by atoms with van der Waals surface area (Å²) in [5, 5.41) is 1.00. The van der Waals surface area contributed by atoms with Crippen molar-refractivity contribution in [3.05, 3.63) is 0 Å². The molecule has 0 radical (unpaired) electrons. The fraction of sp³-hybridized carbons (Fsp3) is 0.778. The quantitative estimate of drug-likeness (QED) is 0.252. The number of nitrogens with zero attached hydrogens (tertiary/aromatic N) is 4. The summed E-state index contributed by atoms with van der Waals surface area (Å²) in [4.78, 5) is 8.57. The first-order chi connectivity index (χ1) is 8.40. The summed E-state index contributed by atoms with van der Waals surface area (Å²) < 4.78 is 36.0. The zero-order chi connectivity index (χ0) is 15.8. The van der Waals surface area contributed by atoms with E-state index in [1.807, 2.05) is 62.9 Å². The van der Waals surface area contributed by atoms with E-state index in [1.54, 1.807) is 11.8 Å². The Labute approximate surface area is 120 Å². The minimum atomic E-state index is -4.94. The molecule has 19 heavy (non-hydrogen) atoms. The van der Waals surface area contributed by atoms with E-state index in [4.69, 9.17) is 18.6 Å². The molecule has 8 nitrogen and oxygen atoms in total. The first-order valence-electron chi connectivity index (χ1n) is 5.03. The van der Waals surface area contributed by atoms with Crippen LogP contribution in [-0.4, -0.2) is 74.0 Å². The lowest BCUT2D eigenvalue weighted by Crippen LogP contribution is -2.68. The molecule has 0 atom stereocenters. The SMILES string of the molecule is CSC(N=C(N(C)C)N(C)C)=[N+](C)C.[O-][Cl+3]([O-])([O-])[O-]. The third kappa shape index (κ3) is 13.6. The van der Waals surface area contributed by atoms with Crippen LogP contribution in [0.1, 0.15) is 0 Å². The molecular weight excluding hydrogens is 296 g/mol. The molecule has 0 aliphatic rings. The number of guanidine groups is 1. The van der Waals surface area contributed by atoms with Crippen LogP contribution in [0.3, 0.4) is 0 Å². The Kier molecular flexibility index (Phi) is 10.2. The van der Waals surface area contributed by atoms with Gasteiger partial charge in [-0.2, -0.15) is 0 Å². The Morgan fingerprint density at radius 2 is 1.32 bits per heavy atom. The van der Waals surface area contributed by atoms with Crippen LogP contribution in [0.25, 0.3) is 0 Å². The lowest BCUT2D eigenvalue weighted by atomic mass is 10.7. The number of aliphatic imine (C=N–C) groups is 1. The lowest BCUT2D eigenvalue weighted by Gasteiger charge is -2.17. The molecule has 0 saturated carbocycles. The Balaban J connectivity index is 0. The van der Waals surface area contributed by atoms with Crippen molar-refractivity contribution in [3.8, 4) is 0 Å². The molecule has 114 valence electrons. The van der Waals surface area contributed by atoms with Crippen molar-refractivity contribution < 1.29 is 33.5 Å². The second-order valence-electron chi connectivity index (χ2n) is 3.96. The van der Waals surface area contributed by atoms with Gasteiger partial charge in [-0.05, 0) is 18.0 Å². The van der Waals surface area contributed by atoms with Gasteiger partial charge in [0.25, 0.3) is 0 Å². The van der Waals surface area contributed by atoms with Crippen LogP contribution in [0.5, 0.6) is 0 Å². The van der Waals surface area contributed by atoms with Gasteiger partial charge < -0.3 is 9.80 Å². The molecule has 0 amide bonds. The Morgan fingerprint density at radius 3 is 1.47 bits per heavy atom. The zero-order valence-corrected chi connectivity index (χ0v) is 13.8. The van der Waals surface area contributed by atoms with Crippen LogP contribution in [-0.2, 0) is 0 Å². The summed E-state index contributed by atoms with van der Waals surface area (Å²) in [6, 6.07) is 0. The van der Waals surface area contributed by atoms with E-state index in [-0.39, 0.29) is 0 Å². The molecule has 0 bridgehead atoms. The third-order valence-electron chi connectivity index (χ3n) is 1.56. The predicted octanol–water partition coefficient (Wildman–Crippen LogP) is -4.30. The van der Waals surface area contributed by atoms with Gasteiger partial charge in [0.1, 0.15) is 0 Å². The van der Waals surface area contributed by atoms with Crippen molar-refractivity contribution in [3.63, 3.8) is 0 Å². The Hall–Kier alpha value is -0.580. The predicted molar refractivity (Wildman–Crippen MR) is 65.4 cm³/mol. The maximum absolute atomic E-state index is 8.49. The highest BCUT2D eigenvalue weighted by atomic mass is 35.7. The minimum absolute atomic E-state index is 0.947. The zero-order valence-electron chi connectivity index (χ0n) is 12.2. The van der Waals surface area contributed by atoms with E-state index in [2.05, 4.69) is 4.99 Å². The number of amidine groups is 1. The number of halogens is 1. The number of hydrogen-bond donors (Lipinski definition) is 0. The van der Waals surface area contributed by atoms with Crippen LogP contribution >= 0.6 is 11.8 Å². The molecule has 0 aliphatic heterocycles. The van der Waals surface area contributed by atoms with Crippen molar-refractivity contribution in [1.82, 2.24) is 9.80 Å². The molecule has 0 heterocycles. The summed E-state index contributed by atoms with van der Waals surface area (Å²) in [7, 11) is 7.02. The van der Waals surface area contributed by atoms with E-state index in [9.17, 15) is 0 Å². The average molecular weight is 317 g/mol. The van der Waals surface area contributed by atoms with E-state index in [0.29, 0.717) is 0 Å². The van der Waals surface area contributed by atoms with Crippen molar-refractivity contribution in [2.45, 2.75) is 0 Å². The fourth-order valence-corrected chi connectivity index (χ4v) is 1.55. The molecular formula is C9H21ClN4O4S. The monoisotopic (exact) mass is 316 g/mol. The van der Waals surface area contributed by atoms with Gasteiger partial charge >= 0.3 is 11.1 Å². The molecule has 0 fully saturated rings. The molecule has 0 aliphatic carbocycles. The second kappa shape index (κ2) is 9.34. The topological polar surface area (TPSA) is 114 Å². The smallest absolute Gasteiger partial charge is 0.327 e. The van der Waals surface area contributed by atoms with Crippen molar-refractivity contribution >= 4 is 22.9 Å². The van der Waals surface area contributed by atoms with Gasteiger partial charge in [-0.15, -0.1) is 10.2 Å². The number of rotatable bonds is 0. The summed E-state index contributed by atoms with van der Waals surface area (Å²) in [5.41, 5.74) is 0. The van der Waals surface area contributed by atoms with E-state index < -0.39 is 10.2 Å². The van der Waals surface area contributed by atoms with Crippen LogP contribution in [0.4, 0.5) is 0 Å². The van der Waals surface area contributed by atoms with Crippen LogP contribution in [0, 0.1) is 10.2 Å². The third-order valence-corrected chi connectivity index (χ3v) is 2.38. The highest BCUT2D eigenvalue weighted by Crippen LogP contribution is 2.01. The van der Waals surface area contributed by atoms with Gasteiger partial charge in [0.2, 0.25) is 0 Å². The molecule has 10 heteroatoms. The van der Waals surface area contributed by atoms with Crippen LogP contribution in [0.2, 0.25) is 0 Å². The van der Waals surface area contributed by atoms with Crippen molar-refractivity contribution in [2.75, 3.05) is 48.5 Å². The van der Waals surface area contributed by atoms with Crippen LogP contribution in [0.15, 0.2) is 4.99 Å². The lowest BCUT2D eigenvalue weighted by molar-refractivity contribution is -2.00. The highest BCUT2D eigenvalue weighted by molar-refractivity contribution is 8.13. The van der Waals surface area contributed by atoms with Gasteiger partial charge in [-0.1, -0.05) is 0 Å². The average Bonchev–Trinajstić information content (AvgIpc) is 2.14. The first-order valence-corrected chi connectivity index (χ1v) is 7.49. The molecule has 0 aromatic rings. The maximum Gasteiger partial charge on any atom is 0.358 e. The van der Waals surface area contributed by atoms with Gasteiger partial charge in [-0.25, -0.2) is 18.6 Å². The van der Waals surface area contributed by atoms with Gasteiger partial charge in [0.05, 0.1) is 14.1 Å². The molecule has 0 aromatic heterocycles. The highest BCUT2D eigenvalue weighted by Gasteiger charge is 2.15. The summed E-state index contributed by atoms with van der Waals surface area (Å²) >= 11 is 1.64. The van der Waals surface area contributed by atoms with Crippen LogP contribution < -0.4 is 18.6 Å². The minimum Gasteiger partial charge on any atom is -0.327 e. The Morgan fingerprint density at radius 1 is 1.00 bits per heavy atom. The first kappa shape index (κ1) is 20.7. The fourth-order valence-electron chi connectivity index (χ4n) is 1.01. The van der Waals surface area contributed by atoms with Crippen molar-refractivity contribution in [1.29, 1.82) is 0 Å². The Bertz CT molecular complexity index is 309. The number of thioether (sulfide) groups is 1. The summed E-state index contributed by atoms with van der Waals surface area (Å²) in [5.74, 6) is 0.947. The molecule has 0 rings (SSSR count). The molecule has 0 spiro atoms. The second-order valence-corrected chi connectivity index (χ2v) is 5.49. The largest absolute Gasteiger partial charge is 0.358 e. The standard InChI is InChI=1S/C9H21N4S.ClHO4/c1-11(2)8(12(3)4)10-9(14-7)13(5)6;2-1(3,4)5/h1-7H3;(H,2,3,4,5)/q+1;/p-1. The summed E-state index contributed by atoms with van der Waals surface area (Å²) in [6.45, 7) is 0. The molecule has 0 saturated heterocycles. The van der Waals surface area contributed by atoms with E-state index in [0.717, 1.165) is 11.1 Å². The molecule has 0 N–H and O–H groups in total. The molecule has 0 unspecified atom stereocenters. The van der Waals surface area contributed by atoms with Crippen molar-refractivity contribution in [2.24, 2.45) is 4.99 Å². The van der Waals surface area contributed by atoms with E-state index >= 15 is 0 Å². The number of hydrogen-bond acceptors (Lipinski definition) is 5.